The highest BCUT2D eigenvalue weighted by Gasteiger charge is 2.47. The van der Waals surface area contributed by atoms with E-state index in [2.05, 4.69) is 10.3 Å². The SMILES string of the molecule is Cc1ccn(C(C)(C(N)=O)C(C)(C)C=NO)n1. The monoisotopic (exact) mass is 238 g/mol. The fourth-order valence-corrected chi connectivity index (χ4v) is 1.66. The van der Waals surface area contributed by atoms with E-state index in [4.69, 9.17) is 10.9 Å². The summed E-state index contributed by atoms with van der Waals surface area (Å²) in [6.07, 6.45) is 2.97. The molecule has 1 atom stereocenters. The molecule has 17 heavy (non-hydrogen) atoms. The van der Waals surface area contributed by atoms with Gasteiger partial charge in [0.05, 0.1) is 11.9 Å². The number of hydrogen-bond acceptors (Lipinski definition) is 4. The van der Waals surface area contributed by atoms with Crippen LogP contribution in [0.3, 0.4) is 0 Å². The molecule has 0 aromatic carbocycles. The van der Waals surface area contributed by atoms with Crippen LogP contribution < -0.4 is 5.73 Å². The molecule has 1 rings (SSSR count). The van der Waals surface area contributed by atoms with Crippen LogP contribution >= 0.6 is 0 Å². The third-order valence-corrected chi connectivity index (χ3v) is 3.30. The molecule has 0 aliphatic heterocycles. The number of nitrogens with zero attached hydrogens (tertiary/aromatic N) is 3. The van der Waals surface area contributed by atoms with E-state index in [1.807, 2.05) is 6.92 Å². The Bertz CT molecular complexity index is 450. The van der Waals surface area contributed by atoms with Crippen LogP contribution in [0.1, 0.15) is 26.5 Å². The van der Waals surface area contributed by atoms with Crippen LogP contribution in [0, 0.1) is 12.3 Å². The Kier molecular flexibility index (Phi) is 3.26. The van der Waals surface area contributed by atoms with Gasteiger partial charge in [0, 0.05) is 11.6 Å². The lowest BCUT2D eigenvalue weighted by molar-refractivity contribution is -0.130. The van der Waals surface area contributed by atoms with Gasteiger partial charge in [0.2, 0.25) is 5.91 Å². The lowest BCUT2D eigenvalue weighted by Crippen LogP contribution is -2.55. The molecule has 1 aromatic heterocycles. The molecule has 94 valence electrons. The standard InChI is InChI=1S/C11H18N4O2/c1-8-5-6-15(14-8)11(4,9(12)16)10(2,3)7-13-17/h5-7,17H,1-4H3,(H2,12,16). The molecule has 1 heterocycles. The normalized spacial score (nSPS) is 16.0. The van der Waals surface area contributed by atoms with Crippen molar-refractivity contribution in [2.24, 2.45) is 16.3 Å². The zero-order valence-electron chi connectivity index (χ0n) is 10.5. The number of carbonyl (C=O) groups excluding carboxylic acids is 1. The number of aromatic nitrogens is 2. The molecule has 0 aliphatic carbocycles. The molecule has 0 radical (unpaired) electrons. The maximum atomic E-state index is 11.8. The van der Waals surface area contributed by atoms with Crippen molar-refractivity contribution < 1.29 is 10.0 Å². The maximum Gasteiger partial charge on any atom is 0.246 e. The molecule has 0 saturated heterocycles. The molecule has 0 spiro atoms. The van der Waals surface area contributed by atoms with Crippen molar-refractivity contribution in [3.05, 3.63) is 18.0 Å². The smallest absolute Gasteiger partial charge is 0.246 e. The number of nitrogens with two attached hydrogens (primary N) is 1. The molecule has 3 N–H and O–H groups in total. The van der Waals surface area contributed by atoms with E-state index >= 15 is 0 Å². The minimum absolute atomic E-state index is 0.537. The van der Waals surface area contributed by atoms with Crippen molar-refractivity contribution in [1.29, 1.82) is 0 Å². The Morgan fingerprint density at radius 3 is 2.53 bits per heavy atom. The summed E-state index contributed by atoms with van der Waals surface area (Å²) in [5.41, 5.74) is 4.40. The zero-order valence-corrected chi connectivity index (χ0v) is 10.5. The quantitative estimate of drug-likeness (QED) is 0.463. The topological polar surface area (TPSA) is 93.5 Å². The van der Waals surface area contributed by atoms with Crippen LogP contribution in [0.25, 0.3) is 0 Å². The van der Waals surface area contributed by atoms with E-state index in [9.17, 15) is 4.79 Å². The summed E-state index contributed by atoms with van der Waals surface area (Å²) >= 11 is 0. The van der Waals surface area contributed by atoms with Crippen molar-refractivity contribution >= 4 is 12.1 Å². The highest BCUT2D eigenvalue weighted by molar-refractivity contribution is 5.88. The fraction of sp³-hybridized carbons (Fsp3) is 0.545. The molecule has 1 aromatic rings. The first-order valence-corrected chi connectivity index (χ1v) is 5.27. The predicted molar refractivity (Wildman–Crippen MR) is 63.9 cm³/mol. The second-order valence-electron chi connectivity index (χ2n) is 4.80. The molecule has 0 aliphatic rings. The number of carbonyl (C=O) groups is 1. The summed E-state index contributed by atoms with van der Waals surface area (Å²) in [4.78, 5) is 11.8. The van der Waals surface area contributed by atoms with Crippen molar-refractivity contribution in [3.63, 3.8) is 0 Å². The second-order valence-corrected chi connectivity index (χ2v) is 4.80. The molecule has 6 heteroatoms. The average Bonchev–Trinajstić information content (AvgIpc) is 2.63. The van der Waals surface area contributed by atoms with Gasteiger partial charge in [0.15, 0.2) is 0 Å². The summed E-state index contributed by atoms with van der Waals surface area (Å²) < 4.78 is 1.51. The number of rotatable bonds is 4. The van der Waals surface area contributed by atoms with E-state index in [-0.39, 0.29) is 0 Å². The van der Waals surface area contributed by atoms with Gasteiger partial charge in [-0.15, -0.1) is 5.16 Å². The van der Waals surface area contributed by atoms with Gasteiger partial charge in [0.1, 0.15) is 5.54 Å². The first-order valence-electron chi connectivity index (χ1n) is 5.27. The molecule has 6 nitrogen and oxygen atoms in total. The van der Waals surface area contributed by atoms with Crippen LogP contribution in [0.5, 0.6) is 0 Å². The van der Waals surface area contributed by atoms with Crippen LogP contribution in [0.4, 0.5) is 0 Å². The number of amides is 1. The molecule has 0 saturated carbocycles. The maximum absolute atomic E-state index is 11.8. The first-order chi connectivity index (χ1) is 7.75. The van der Waals surface area contributed by atoms with Gasteiger partial charge in [-0.2, -0.15) is 5.10 Å². The van der Waals surface area contributed by atoms with Crippen molar-refractivity contribution in [2.75, 3.05) is 0 Å². The third kappa shape index (κ3) is 2.02. The van der Waals surface area contributed by atoms with E-state index in [0.717, 1.165) is 5.69 Å². The first kappa shape index (κ1) is 13.2. The van der Waals surface area contributed by atoms with Gasteiger partial charge in [-0.1, -0.05) is 13.8 Å². The molecule has 0 fully saturated rings. The van der Waals surface area contributed by atoms with Gasteiger partial charge in [-0.05, 0) is 19.9 Å². The summed E-state index contributed by atoms with van der Waals surface area (Å²) in [5, 5.41) is 15.9. The Morgan fingerprint density at radius 2 is 2.18 bits per heavy atom. The van der Waals surface area contributed by atoms with Crippen LogP contribution in [0.2, 0.25) is 0 Å². The lowest BCUT2D eigenvalue weighted by atomic mass is 9.73. The van der Waals surface area contributed by atoms with E-state index in [1.54, 1.807) is 33.0 Å². The Morgan fingerprint density at radius 1 is 1.59 bits per heavy atom. The highest BCUT2D eigenvalue weighted by Crippen LogP contribution is 2.35. The molecular weight excluding hydrogens is 220 g/mol. The predicted octanol–water partition coefficient (Wildman–Crippen LogP) is 0.878. The van der Waals surface area contributed by atoms with Crippen molar-refractivity contribution in [2.45, 2.75) is 33.2 Å². The van der Waals surface area contributed by atoms with Crippen molar-refractivity contribution in [3.8, 4) is 0 Å². The number of oxime groups is 1. The molecule has 1 amide bonds. The van der Waals surface area contributed by atoms with Crippen LogP contribution in [-0.2, 0) is 10.3 Å². The van der Waals surface area contributed by atoms with E-state index in [1.165, 1.54) is 10.9 Å². The van der Waals surface area contributed by atoms with Gasteiger partial charge >= 0.3 is 0 Å². The number of hydrogen-bond donors (Lipinski definition) is 2. The largest absolute Gasteiger partial charge is 0.411 e. The minimum atomic E-state index is -1.10. The molecular formula is C11H18N4O2. The van der Waals surface area contributed by atoms with E-state index < -0.39 is 16.9 Å². The summed E-state index contributed by atoms with van der Waals surface area (Å²) in [5.74, 6) is -0.537. The highest BCUT2D eigenvalue weighted by atomic mass is 16.4. The van der Waals surface area contributed by atoms with Crippen molar-refractivity contribution in [1.82, 2.24) is 9.78 Å². The third-order valence-electron chi connectivity index (χ3n) is 3.30. The van der Waals surface area contributed by atoms with E-state index in [0.29, 0.717) is 0 Å². The van der Waals surface area contributed by atoms with Crippen LogP contribution in [0.15, 0.2) is 17.4 Å². The van der Waals surface area contributed by atoms with Gasteiger partial charge in [-0.3, -0.25) is 9.48 Å². The zero-order chi connectivity index (χ0) is 13.3. The number of primary amides is 1. The van der Waals surface area contributed by atoms with Gasteiger partial charge in [0.25, 0.3) is 0 Å². The second kappa shape index (κ2) is 4.20. The van der Waals surface area contributed by atoms with Gasteiger partial charge in [-0.25, -0.2) is 0 Å². The molecule has 0 bridgehead atoms. The Hall–Kier alpha value is -1.85. The summed E-state index contributed by atoms with van der Waals surface area (Å²) in [7, 11) is 0. The van der Waals surface area contributed by atoms with Crippen LogP contribution in [-0.4, -0.2) is 27.1 Å². The average molecular weight is 238 g/mol. The Labute approximate surface area is 100 Å². The number of aryl methyl sites for hydroxylation is 1. The fourth-order valence-electron chi connectivity index (χ4n) is 1.66. The Balaban J connectivity index is 3.38. The lowest BCUT2D eigenvalue weighted by Gasteiger charge is -2.38. The summed E-state index contributed by atoms with van der Waals surface area (Å²) in [6.45, 7) is 7.01. The van der Waals surface area contributed by atoms with Gasteiger partial charge < -0.3 is 10.9 Å². The molecule has 1 unspecified atom stereocenters. The minimum Gasteiger partial charge on any atom is -0.411 e. The summed E-state index contributed by atoms with van der Waals surface area (Å²) in [6, 6.07) is 1.79.